The van der Waals surface area contributed by atoms with Gasteiger partial charge >= 0.3 is 0 Å². The molecule has 0 bridgehead atoms. The average Bonchev–Trinajstić information content (AvgIpc) is 2.86. The Kier molecular flexibility index (Phi) is 4.93. The monoisotopic (exact) mass is 352 g/mol. The summed E-state index contributed by atoms with van der Waals surface area (Å²) in [5.74, 6) is 0.933. The topological polar surface area (TPSA) is 69.0 Å². The molecule has 0 aliphatic heterocycles. The Bertz CT molecular complexity index is 960. The molecule has 136 valence electrons. The maximum Gasteiger partial charge on any atom is 0.262 e. The van der Waals surface area contributed by atoms with Crippen molar-refractivity contribution < 1.29 is 9.53 Å². The second-order valence-electron chi connectivity index (χ2n) is 6.81. The van der Waals surface area contributed by atoms with Crippen LogP contribution in [0.25, 0.3) is 11.0 Å². The van der Waals surface area contributed by atoms with Crippen LogP contribution in [-0.2, 0) is 11.8 Å². The maximum atomic E-state index is 12.2. The lowest BCUT2D eigenvalue weighted by Gasteiger charge is -2.12. The molecule has 0 fully saturated rings. The normalized spacial score (nSPS) is 11.2. The van der Waals surface area contributed by atoms with E-state index < -0.39 is 0 Å². The van der Waals surface area contributed by atoms with Crippen molar-refractivity contribution in [2.75, 3.05) is 11.9 Å². The van der Waals surface area contributed by atoms with Gasteiger partial charge in [-0.3, -0.25) is 9.48 Å². The summed E-state index contributed by atoms with van der Waals surface area (Å²) in [6, 6.07) is 7.80. The van der Waals surface area contributed by atoms with Gasteiger partial charge < -0.3 is 10.1 Å². The Labute approximate surface area is 153 Å². The van der Waals surface area contributed by atoms with E-state index in [9.17, 15) is 4.79 Å². The molecule has 3 rings (SSSR count). The van der Waals surface area contributed by atoms with Crippen molar-refractivity contribution in [3.63, 3.8) is 0 Å². The van der Waals surface area contributed by atoms with Crippen LogP contribution in [0.1, 0.15) is 36.6 Å². The number of nitrogens with one attached hydrogen (secondary N) is 1. The number of carbonyl (C=O) groups is 1. The summed E-state index contributed by atoms with van der Waals surface area (Å²) in [7, 11) is 1.85. The fourth-order valence-electron chi connectivity index (χ4n) is 3.11. The van der Waals surface area contributed by atoms with Gasteiger partial charge in [-0.2, -0.15) is 5.10 Å². The van der Waals surface area contributed by atoms with Gasteiger partial charge in [-0.25, -0.2) is 4.98 Å². The van der Waals surface area contributed by atoms with Crippen molar-refractivity contribution in [3.8, 4) is 5.75 Å². The molecule has 3 aromatic rings. The van der Waals surface area contributed by atoms with Gasteiger partial charge in [0, 0.05) is 12.4 Å². The molecule has 1 aromatic carbocycles. The van der Waals surface area contributed by atoms with E-state index >= 15 is 0 Å². The van der Waals surface area contributed by atoms with Crippen LogP contribution in [0.15, 0.2) is 30.5 Å². The van der Waals surface area contributed by atoms with E-state index in [1.165, 1.54) is 11.1 Å². The van der Waals surface area contributed by atoms with Crippen LogP contribution in [0.3, 0.4) is 0 Å². The lowest BCUT2D eigenvalue weighted by atomic mass is 9.98. The quantitative estimate of drug-likeness (QED) is 0.760. The van der Waals surface area contributed by atoms with E-state index in [1.807, 2.05) is 32.2 Å². The van der Waals surface area contributed by atoms with E-state index in [-0.39, 0.29) is 12.5 Å². The van der Waals surface area contributed by atoms with Gasteiger partial charge in [0.15, 0.2) is 12.3 Å². The van der Waals surface area contributed by atoms with E-state index in [4.69, 9.17) is 4.74 Å². The molecule has 1 N–H and O–H groups in total. The average molecular weight is 352 g/mol. The van der Waals surface area contributed by atoms with Crippen LogP contribution < -0.4 is 10.1 Å². The number of pyridine rings is 1. The number of nitrogens with zero attached hydrogens (tertiary/aromatic N) is 3. The van der Waals surface area contributed by atoms with Crippen molar-refractivity contribution in [3.05, 3.63) is 47.3 Å². The number of aryl methyl sites for hydroxylation is 3. The third-order valence-corrected chi connectivity index (χ3v) is 4.38. The molecule has 0 spiro atoms. The number of hydrogen-bond donors (Lipinski definition) is 1. The molecule has 2 aromatic heterocycles. The second kappa shape index (κ2) is 7.15. The molecule has 1 amide bonds. The highest BCUT2D eigenvalue weighted by atomic mass is 16.5. The summed E-state index contributed by atoms with van der Waals surface area (Å²) in [5.41, 5.74) is 4.75. The summed E-state index contributed by atoms with van der Waals surface area (Å²) in [5, 5.41) is 8.07. The van der Waals surface area contributed by atoms with Crippen molar-refractivity contribution >= 4 is 22.6 Å². The number of ether oxygens (including phenoxy) is 1. The third kappa shape index (κ3) is 3.69. The number of hydrogen-bond acceptors (Lipinski definition) is 4. The number of amides is 1. The highest BCUT2D eigenvalue weighted by Gasteiger charge is 2.10. The molecule has 0 unspecified atom stereocenters. The first-order chi connectivity index (χ1) is 12.3. The van der Waals surface area contributed by atoms with E-state index in [1.54, 1.807) is 10.9 Å². The molecule has 0 aliphatic carbocycles. The van der Waals surface area contributed by atoms with Gasteiger partial charge in [0.1, 0.15) is 5.75 Å². The smallest absolute Gasteiger partial charge is 0.262 e. The number of fused-ring (bicyclic) bond motifs is 1. The van der Waals surface area contributed by atoms with E-state index in [0.29, 0.717) is 17.4 Å². The zero-order chi connectivity index (χ0) is 18.8. The van der Waals surface area contributed by atoms with E-state index in [2.05, 4.69) is 42.2 Å². The largest absolute Gasteiger partial charge is 0.484 e. The molecule has 0 saturated heterocycles. The summed E-state index contributed by atoms with van der Waals surface area (Å²) in [6.45, 7) is 8.24. The number of anilines is 1. The molecule has 6 nitrogen and oxygen atoms in total. The minimum atomic E-state index is -0.224. The Morgan fingerprint density at radius 2 is 2.04 bits per heavy atom. The molecule has 26 heavy (non-hydrogen) atoms. The first kappa shape index (κ1) is 17.9. The lowest BCUT2D eigenvalue weighted by Crippen LogP contribution is -2.20. The molecule has 6 heteroatoms. The summed E-state index contributed by atoms with van der Waals surface area (Å²) < 4.78 is 7.35. The number of carbonyl (C=O) groups excluding carboxylic acids is 1. The van der Waals surface area contributed by atoms with Gasteiger partial charge in [-0.15, -0.1) is 0 Å². The first-order valence-electron chi connectivity index (χ1n) is 8.67. The Morgan fingerprint density at radius 1 is 1.27 bits per heavy atom. The van der Waals surface area contributed by atoms with Crippen LogP contribution in [-0.4, -0.2) is 27.3 Å². The zero-order valence-electron chi connectivity index (χ0n) is 15.8. The SMILES string of the molecule is Cc1cc(OCC(=O)Nc2cnc3c(c2)c(C)nn3C)ccc1C(C)C. The van der Waals surface area contributed by atoms with Crippen molar-refractivity contribution in [1.82, 2.24) is 14.8 Å². The summed E-state index contributed by atoms with van der Waals surface area (Å²) in [6.07, 6.45) is 1.63. The van der Waals surface area contributed by atoms with Crippen molar-refractivity contribution in [1.29, 1.82) is 0 Å². The van der Waals surface area contributed by atoms with Crippen LogP contribution in [0, 0.1) is 13.8 Å². The minimum absolute atomic E-state index is 0.0511. The summed E-state index contributed by atoms with van der Waals surface area (Å²) in [4.78, 5) is 16.5. The van der Waals surface area contributed by atoms with Crippen LogP contribution in [0.2, 0.25) is 0 Å². The second-order valence-corrected chi connectivity index (χ2v) is 6.81. The van der Waals surface area contributed by atoms with E-state index in [0.717, 1.165) is 16.7 Å². The fourth-order valence-corrected chi connectivity index (χ4v) is 3.11. The predicted octanol–water partition coefficient (Wildman–Crippen LogP) is 3.73. The molecule has 0 aliphatic rings. The van der Waals surface area contributed by atoms with Gasteiger partial charge in [-0.05, 0) is 49.1 Å². The minimum Gasteiger partial charge on any atom is -0.484 e. The zero-order valence-corrected chi connectivity index (χ0v) is 15.8. The molecular formula is C20H24N4O2. The Morgan fingerprint density at radius 3 is 2.73 bits per heavy atom. The molecule has 0 atom stereocenters. The van der Waals surface area contributed by atoms with Gasteiger partial charge in [-0.1, -0.05) is 19.9 Å². The van der Waals surface area contributed by atoms with Crippen molar-refractivity contribution in [2.45, 2.75) is 33.6 Å². The number of aromatic nitrogens is 3. The highest BCUT2D eigenvalue weighted by Crippen LogP contribution is 2.23. The van der Waals surface area contributed by atoms with Gasteiger partial charge in [0.2, 0.25) is 0 Å². The van der Waals surface area contributed by atoms with Gasteiger partial charge in [0.25, 0.3) is 5.91 Å². The maximum absolute atomic E-state index is 12.2. The number of rotatable bonds is 5. The number of benzene rings is 1. The Balaban J connectivity index is 1.64. The van der Waals surface area contributed by atoms with Crippen LogP contribution in [0.4, 0.5) is 5.69 Å². The first-order valence-corrected chi connectivity index (χ1v) is 8.67. The van der Waals surface area contributed by atoms with Gasteiger partial charge in [0.05, 0.1) is 17.6 Å². The van der Waals surface area contributed by atoms with Crippen LogP contribution >= 0.6 is 0 Å². The van der Waals surface area contributed by atoms with Crippen molar-refractivity contribution in [2.24, 2.45) is 7.05 Å². The Hall–Kier alpha value is -2.89. The highest BCUT2D eigenvalue weighted by molar-refractivity contribution is 5.94. The molecule has 0 radical (unpaired) electrons. The molecule has 0 saturated carbocycles. The lowest BCUT2D eigenvalue weighted by molar-refractivity contribution is -0.118. The standard InChI is InChI=1S/C20H24N4O2/c1-12(2)17-7-6-16(8-13(17)3)26-11-19(25)22-15-9-18-14(4)23-24(5)20(18)21-10-15/h6-10,12H,11H2,1-5H3,(H,22,25). The molecule has 2 heterocycles. The molecular weight excluding hydrogens is 328 g/mol. The fraction of sp³-hybridized carbons (Fsp3) is 0.350. The predicted molar refractivity (Wildman–Crippen MR) is 103 cm³/mol. The third-order valence-electron chi connectivity index (χ3n) is 4.38. The summed E-state index contributed by atoms with van der Waals surface area (Å²) >= 11 is 0. The van der Waals surface area contributed by atoms with Crippen LogP contribution in [0.5, 0.6) is 5.75 Å².